The first-order chi connectivity index (χ1) is 16.2. The number of anilines is 2. The van der Waals surface area contributed by atoms with Crippen molar-refractivity contribution in [3.8, 4) is 0 Å². The minimum absolute atomic E-state index is 0.248. The number of hydrogen-bond acceptors (Lipinski definition) is 3. The molecule has 0 saturated carbocycles. The predicted molar refractivity (Wildman–Crippen MR) is 136 cm³/mol. The molecule has 162 valence electrons. The normalized spacial score (nSPS) is 10.9. The molecule has 0 radical (unpaired) electrons. The van der Waals surface area contributed by atoms with Crippen LogP contribution in [0.3, 0.4) is 0 Å². The van der Waals surface area contributed by atoms with Crippen LogP contribution in [0.5, 0.6) is 0 Å². The minimum atomic E-state index is -0.947. The van der Waals surface area contributed by atoms with E-state index in [1.807, 2.05) is 42.5 Å². The molecule has 0 aromatic heterocycles. The average molecular weight is 433 g/mol. The maximum atomic E-state index is 11.7. The van der Waals surface area contributed by atoms with Gasteiger partial charge in [-0.3, -0.25) is 0 Å². The van der Waals surface area contributed by atoms with E-state index in [9.17, 15) is 9.90 Å². The van der Waals surface area contributed by atoms with Gasteiger partial charge in [-0.05, 0) is 50.9 Å². The van der Waals surface area contributed by atoms with E-state index in [0.29, 0.717) is 13.1 Å². The standard InChI is InChI=1S/C29H24N2O2/c32-29(33)24-15-25(30-18-22-11-5-9-20-7-1-3-13-27(20)22)17-26(16-24)31-19-23-12-6-10-21-8-2-4-14-28(21)23/h1-17,30-31H,18-19H2,(H,32,33). The largest absolute Gasteiger partial charge is 0.478 e. The molecule has 0 bridgehead atoms. The first-order valence-corrected chi connectivity index (χ1v) is 11.0. The number of fused-ring (bicyclic) bond motifs is 2. The second-order valence-electron chi connectivity index (χ2n) is 8.09. The fraction of sp³-hybridized carbons (Fsp3) is 0.0690. The third-order valence-corrected chi connectivity index (χ3v) is 5.91. The summed E-state index contributed by atoms with van der Waals surface area (Å²) >= 11 is 0. The van der Waals surface area contributed by atoms with Gasteiger partial charge in [0.2, 0.25) is 0 Å². The molecule has 0 aliphatic rings. The van der Waals surface area contributed by atoms with Crippen LogP contribution in [0, 0.1) is 0 Å². The van der Waals surface area contributed by atoms with Gasteiger partial charge in [-0.15, -0.1) is 0 Å². The lowest BCUT2D eigenvalue weighted by Gasteiger charge is -2.14. The van der Waals surface area contributed by atoms with E-state index in [4.69, 9.17) is 0 Å². The van der Waals surface area contributed by atoms with Crippen molar-refractivity contribution in [2.24, 2.45) is 0 Å². The van der Waals surface area contributed by atoms with Crippen LogP contribution >= 0.6 is 0 Å². The summed E-state index contributed by atoms with van der Waals surface area (Å²) in [5, 5.41) is 21.2. The number of carboxylic acid groups (broad SMARTS) is 1. The molecule has 5 rings (SSSR count). The van der Waals surface area contributed by atoms with Crippen LogP contribution < -0.4 is 10.6 Å². The highest BCUT2D eigenvalue weighted by Crippen LogP contribution is 2.24. The molecular formula is C29H24N2O2. The van der Waals surface area contributed by atoms with E-state index in [1.54, 1.807) is 12.1 Å². The maximum Gasteiger partial charge on any atom is 0.335 e. The van der Waals surface area contributed by atoms with E-state index >= 15 is 0 Å². The third-order valence-electron chi connectivity index (χ3n) is 5.91. The van der Waals surface area contributed by atoms with Crippen molar-refractivity contribution in [2.45, 2.75) is 13.1 Å². The lowest BCUT2D eigenvalue weighted by Crippen LogP contribution is -2.06. The van der Waals surface area contributed by atoms with E-state index in [-0.39, 0.29) is 5.56 Å². The van der Waals surface area contributed by atoms with Gasteiger partial charge in [0, 0.05) is 24.5 Å². The Morgan fingerprint density at radius 3 is 1.55 bits per heavy atom. The van der Waals surface area contributed by atoms with Crippen molar-refractivity contribution >= 4 is 38.9 Å². The average Bonchev–Trinajstić information content (AvgIpc) is 2.86. The smallest absolute Gasteiger partial charge is 0.335 e. The highest BCUT2D eigenvalue weighted by molar-refractivity contribution is 5.91. The van der Waals surface area contributed by atoms with Crippen molar-refractivity contribution in [1.82, 2.24) is 0 Å². The zero-order chi connectivity index (χ0) is 22.6. The van der Waals surface area contributed by atoms with E-state index in [0.717, 1.165) is 11.4 Å². The summed E-state index contributed by atoms with van der Waals surface area (Å²) in [6, 6.07) is 34.3. The van der Waals surface area contributed by atoms with Crippen LogP contribution in [0.25, 0.3) is 21.5 Å². The van der Waals surface area contributed by atoms with Crippen molar-refractivity contribution in [3.63, 3.8) is 0 Å². The molecule has 33 heavy (non-hydrogen) atoms. The van der Waals surface area contributed by atoms with Gasteiger partial charge in [-0.1, -0.05) is 84.9 Å². The summed E-state index contributed by atoms with van der Waals surface area (Å²) in [5.41, 5.74) is 4.11. The fourth-order valence-corrected chi connectivity index (χ4v) is 4.24. The first kappa shape index (κ1) is 20.6. The number of carbonyl (C=O) groups is 1. The molecule has 4 heteroatoms. The summed E-state index contributed by atoms with van der Waals surface area (Å²) in [7, 11) is 0. The van der Waals surface area contributed by atoms with Crippen LogP contribution in [0.1, 0.15) is 21.5 Å². The zero-order valence-electron chi connectivity index (χ0n) is 18.1. The molecule has 0 aliphatic heterocycles. The van der Waals surface area contributed by atoms with Crippen LogP contribution in [-0.2, 0) is 13.1 Å². The molecule has 0 fully saturated rings. The van der Waals surface area contributed by atoms with Crippen LogP contribution in [0.15, 0.2) is 103 Å². The number of carboxylic acids is 1. The van der Waals surface area contributed by atoms with Gasteiger partial charge in [-0.2, -0.15) is 0 Å². The van der Waals surface area contributed by atoms with Gasteiger partial charge >= 0.3 is 5.97 Å². The number of benzene rings is 5. The molecule has 0 aliphatic carbocycles. The van der Waals surface area contributed by atoms with Gasteiger partial charge in [0.05, 0.1) is 5.56 Å². The second kappa shape index (κ2) is 9.05. The molecule has 0 heterocycles. The predicted octanol–water partition coefficient (Wildman–Crippen LogP) is 6.92. The topological polar surface area (TPSA) is 61.4 Å². The molecule has 3 N–H and O–H groups in total. The summed E-state index contributed by atoms with van der Waals surface area (Å²) in [6.45, 7) is 1.21. The van der Waals surface area contributed by atoms with Gasteiger partial charge in [0.15, 0.2) is 0 Å². The molecule has 0 spiro atoms. The van der Waals surface area contributed by atoms with Gasteiger partial charge < -0.3 is 15.7 Å². The highest BCUT2D eigenvalue weighted by Gasteiger charge is 2.09. The molecule has 0 atom stereocenters. The molecular weight excluding hydrogens is 408 g/mol. The Morgan fingerprint density at radius 1 is 0.606 bits per heavy atom. The van der Waals surface area contributed by atoms with Crippen molar-refractivity contribution < 1.29 is 9.90 Å². The van der Waals surface area contributed by atoms with Crippen LogP contribution in [0.2, 0.25) is 0 Å². The summed E-state index contributed by atoms with van der Waals surface area (Å²) in [4.78, 5) is 11.7. The summed E-state index contributed by atoms with van der Waals surface area (Å²) in [6.07, 6.45) is 0. The highest BCUT2D eigenvalue weighted by atomic mass is 16.4. The Bertz CT molecular complexity index is 1350. The SMILES string of the molecule is O=C(O)c1cc(NCc2cccc3ccccc23)cc(NCc2cccc3ccccc23)c1. The lowest BCUT2D eigenvalue weighted by atomic mass is 10.0. The molecule has 0 unspecified atom stereocenters. The molecule has 0 amide bonds. The Morgan fingerprint density at radius 2 is 1.06 bits per heavy atom. The maximum absolute atomic E-state index is 11.7. The Labute approximate surface area is 192 Å². The number of nitrogens with one attached hydrogen (secondary N) is 2. The van der Waals surface area contributed by atoms with E-state index in [1.165, 1.54) is 32.7 Å². The second-order valence-corrected chi connectivity index (χ2v) is 8.09. The first-order valence-electron chi connectivity index (χ1n) is 11.0. The van der Waals surface area contributed by atoms with Crippen molar-refractivity contribution in [2.75, 3.05) is 10.6 Å². The number of rotatable bonds is 7. The Kier molecular flexibility index (Phi) is 5.64. The van der Waals surface area contributed by atoms with E-state index < -0.39 is 5.97 Å². The van der Waals surface area contributed by atoms with Gasteiger partial charge in [0.25, 0.3) is 0 Å². The third kappa shape index (κ3) is 4.51. The zero-order valence-corrected chi connectivity index (χ0v) is 18.1. The monoisotopic (exact) mass is 432 g/mol. The van der Waals surface area contributed by atoms with Crippen LogP contribution in [-0.4, -0.2) is 11.1 Å². The fourth-order valence-electron chi connectivity index (χ4n) is 4.24. The molecule has 5 aromatic carbocycles. The van der Waals surface area contributed by atoms with E-state index in [2.05, 4.69) is 59.2 Å². The quantitative estimate of drug-likeness (QED) is 0.261. The minimum Gasteiger partial charge on any atom is -0.478 e. The molecule has 0 saturated heterocycles. The Balaban J connectivity index is 1.38. The van der Waals surface area contributed by atoms with Crippen molar-refractivity contribution in [1.29, 1.82) is 0 Å². The summed E-state index contributed by atoms with van der Waals surface area (Å²) < 4.78 is 0. The van der Waals surface area contributed by atoms with Gasteiger partial charge in [0.1, 0.15) is 0 Å². The molecule has 4 nitrogen and oxygen atoms in total. The van der Waals surface area contributed by atoms with Crippen molar-refractivity contribution in [3.05, 3.63) is 120 Å². The molecule has 5 aromatic rings. The van der Waals surface area contributed by atoms with Gasteiger partial charge in [-0.25, -0.2) is 4.79 Å². The summed E-state index contributed by atoms with van der Waals surface area (Å²) in [5.74, 6) is -0.947. The Hall–Kier alpha value is -4.31. The number of hydrogen-bond donors (Lipinski definition) is 3. The van der Waals surface area contributed by atoms with Crippen LogP contribution in [0.4, 0.5) is 11.4 Å². The number of aromatic carboxylic acids is 1. The lowest BCUT2D eigenvalue weighted by molar-refractivity contribution is 0.0697.